The van der Waals surface area contributed by atoms with Crippen LogP contribution in [-0.4, -0.2) is 40.9 Å². The van der Waals surface area contributed by atoms with Crippen LogP contribution in [0.25, 0.3) is 33.4 Å². The quantitative estimate of drug-likeness (QED) is 0.296. The van der Waals surface area contributed by atoms with E-state index in [-0.39, 0.29) is 0 Å². The van der Waals surface area contributed by atoms with Gasteiger partial charge in [0.15, 0.2) is 5.69 Å². The summed E-state index contributed by atoms with van der Waals surface area (Å²) in [6, 6.07) is 13.7. The van der Waals surface area contributed by atoms with Gasteiger partial charge >= 0.3 is 12.1 Å². The number of methoxy groups -OCH3 is 1. The van der Waals surface area contributed by atoms with Gasteiger partial charge in [0.05, 0.1) is 25.0 Å². The van der Waals surface area contributed by atoms with Gasteiger partial charge in [0, 0.05) is 34.8 Å². The second-order valence-corrected chi connectivity index (χ2v) is 7.59. The summed E-state index contributed by atoms with van der Waals surface area (Å²) < 4.78 is 49.0. The molecule has 7 nitrogen and oxygen atoms in total. The molecule has 2 aromatic carbocycles. The first-order valence-electron chi connectivity index (χ1n) is 10.6. The molecule has 35 heavy (non-hydrogen) atoms. The third-order valence-electron chi connectivity index (χ3n) is 5.26. The number of carbonyl (C=O) groups is 2. The van der Waals surface area contributed by atoms with Crippen LogP contribution in [0.5, 0.6) is 0 Å². The Balaban J connectivity index is 0.000000623. The van der Waals surface area contributed by atoms with E-state index in [9.17, 15) is 22.8 Å². The smallest absolute Gasteiger partial charge is 0.435 e. The number of nitrogens with zero attached hydrogens (tertiary/aromatic N) is 2. The van der Waals surface area contributed by atoms with Gasteiger partial charge in [0.1, 0.15) is 0 Å². The first-order chi connectivity index (χ1) is 16.6. The number of H-pyrrole nitrogens is 1. The lowest BCUT2D eigenvalue weighted by Gasteiger charge is -2.06. The van der Waals surface area contributed by atoms with Crippen LogP contribution < -0.4 is 0 Å². The number of aromatic amines is 1. The molecule has 2 aromatic heterocycles. The molecule has 0 fully saturated rings. The molecule has 184 valence electrons. The van der Waals surface area contributed by atoms with Gasteiger partial charge in [-0.25, -0.2) is 4.79 Å². The van der Waals surface area contributed by atoms with Crippen LogP contribution in [0.1, 0.15) is 28.5 Å². The maximum absolute atomic E-state index is 13.0. The van der Waals surface area contributed by atoms with Crippen LogP contribution in [0.3, 0.4) is 0 Å². The van der Waals surface area contributed by atoms with Crippen LogP contribution in [0, 0.1) is 6.92 Å². The molecule has 1 N–H and O–H groups in total. The van der Waals surface area contributed by atoms with Gasteiger partial charge in [-0.1, -0.05) is 12.1 Å². The summed E-state index contributed by atoms with van der Waals surface area (Å²) in [5, 5.41) is 4.43. The Bertz CT molecular complexity index is 1360. The fourth-order valence-corrected chi connectivity index (χ4v) is 3.59. The molecule has 0 aliphatic heterocycles. The number of aromatic nitrogens is 3. The van der Waals surface area contributed by atoms with E-state index in [0.29, 0.717) is 29.9 Å². The average Bonchev–Trinajstić information content (AvgIpc) is 3.42. The predicted octanol–water partition coefficient (Wildman–Crippen LogP) is 5.53. The number of ether oxygens (including phenoxy) is 2. The summed E-state index contributed by atoms with van der Waals surface area (Å²) in [5.74, 6) is -0.402. The molecule has 0 bridgehead atoms. The van der Waals surface area contributed by atoms with Crippen molar-refractivity contribution in [3.8, 4) is 22.5 Å². The number of aryl methyl sites for hydroxylation is 2. The third kappa shape index (κ3) is 5.71. The van der Waals surface area contributed by atoms with Crippen molar-refractivity contribution in [3.05, 3.63) is 65.4 Å². The Kier molecular flexibility index (Phi) is 7.63. The van der Waals surface area contributed by atoms with Gasteiger partial charge in [0.25, 0.3) is 6.47 Å². The molecule has 0 unspecified atom stereocenters. The van der Waals surface area contributed by atoms with Gasteiger partial charge in [-0.15, -0.1) is 0 Å². The number of fused-ring (bicyclic) bond motifs is 1. The summed E-state index contributed by atoms with van der Waals surface area (Å²) in [6.45, 7) is 4.56. The number of nitrogens with one attached hydrogen (secondary N) is 1. The molecule has 0 aliphatic carbocycles. The second-order valence-electron chi connectivity index (χ2n) is 7.59. The minimum atomic E-state index is -4.49. The van der Waals surface area contributed by atoms with Crippen LogP contribution >= 0.6 is 0 Å². The topological polar surface area (TPSA) is 86.2 Å². The van der Waals surface area contributed by atoms with E-state index in [2.05, 4.69) is 14.8 Å². The summed E-state index contributed by atoms with van der Waals surface area (Å²) in [6.07, 6.45) is -4.49. The van der Waals surface area contributed by atoms with Gasteiger partial charge in [-0.2, -0.15) is 18.3 Å². The highest BCUT2D eigenvalue weighted by atomic mass is 19.4. The van der Waals surface area contributed by atoms with Crippen molar-refractivity contribution in [1.82, 2.24) is 14.8 Å². The first-order valence-corrected chi connectivity index (χ1v) is 10.6. The Labute approximate surface area is 199 Å². The third-order valence-corrected chi connectivity index (χ3v) is 5.26. The number of carbonyl (C=O) groups excluding carboxylic acids is 2. The molecule has 4 rings (SSSR count). The van der Waals surface area contributed by atoms with Gasteiger partial charge in [0.2, 0.25) is 0 Å². The van der Waals surface area contributed by atoms with Gasteiger partial charge in [-0.05, 0) is 55.8 Å². The van der Waals surface area contributed by atoms with Gasteiger partial charge < -0.3 is 14.5 Å². The predicted molar refractivity (Wildman–Crippen MR) is 125 cm³/mol. The number of rotatable bonds is 5. The molecule has 0 atom stereocenters. The van der Waals surface area contributed by atoms with E-state index in [1.807, 2.05) is 31.2 Å². The lowest BCUT2D eigenvalue weighted by molar-refractivity contribution is -0.141. The average molecular weight is 487 g/mol. The fraction of sp³-hybridized carbons (Fsp3) is 0.240. The molecule has 0 radical (unpaired) electrons. The highest BCUT2D eigenvalue weighted by Gasteiger charge is 2.34. The second kappa shape index (κ2) is 10.5. The molecule has 4 aromatic rings. The zero-order valence-electron chi connectivity index (χ0n) is 19.6. The van der Waals surface area contributed by atoms with E-state index in [0.717, 1.165) is 33.8 Å². The van der Waals surface area contributed by atoms with Crippen molar-refractivity contribution < 1.29 is 32.2 Å². The van der Waals surface area contributed by atoms with Crippen molar-refractivity contribution in [3.63, 3.8) is 0 Å². The van der Waals surface area contributed by atoms with Crippen molar-refractivity contribution in [2.45, 2.75) is 20.0 Å². The molecule has 0 amide bonds. The summed E-state index contributed by atoms with van der Waals surface area (Å²) in [4.78, 5) is 24.2. The number of hydrogen-bond donors (Lipinski definition) is 1. The van der Waals surface area contributed by atoms with E-state index in [1.165, 1.54) is 18.8 Å². The minimum Gasteiger partial charge on any atom is -0.468 e. The summed E-state index contributed by atoms with van der Waals surface area (Å²) in [7, 11) is 2.82. The SMILES string of the molecule is CCOC=O.COC(=O)c1ccc(-c2cc3cc(-c4cc(C(F)(F)F)nn4C)ccc3[nH]2)c(C)c1. The minimum absolute atomic E-state index is 0.380. The summed E-state index contributed by atoms with van der Waals surface area (Å²) in [5.41, 5.74) is 4.07. The lowest BCUT2D eigenvalue weighted by Crippen LogP contribution is -2.06. The fourth-order valence-electron chi connectivity index (χ4n) is 3.59. The molecule has 0 spiro atoms. The molecular formula is C25H24F3N3O4. The van der Waals surface area contributed by atoms with Crippen LogP contribution in [-0.2, 0) is 27.5 Å². The van der Waals surface area contributed by atoms with Crippen LogP contribution in [0.15, 0.2) is 48.5 Å². The van der Waals surface area contributed by atoms with Crippen LogP contribution in [0.2, 0.25) is 0 Å². The van der Waals surface area contributed by atoms with Crippen molar-refractivity contribution in [2.24, 2.45) is 7.05 Å². The van der Waals surface area contributed by atoms with E-state index in [4.69, 9.17) is 4.74 Å². The zero-order valence-corrected chi connectivity index (χ0v) is 19.6. The standard InChI is InChI=1S/C22H18F3N3O2.C3H6O2/c1-12-8-14(21(29)30-3)4-6-16(12)18-10-15-9-13(5-7-17(15)26-18)19-11-20(22(23,24)25)27-28(19)2;1-2-5-3-4/h4-11,26H,1-3H3;3H,2H2,1H3. The maximum atomic E-state index is 13.0. The molecule has 0 aliphatic rings. The Hall–Kier alpha value is -4.08. The molecule has 0 saturated heterocycles. The van der Waals surface area contributed by atoms with E-state index < -0.39 is 17.8 Å². The van der Waals surface area contributed by atoms with Crippen molar-refractivity contribution in [1.29, 1.82) is 0 Å². The monoisotopic (exact) mass is 487 g/mol. The maximum Gasteiger partial charge on any atom is 0.435 e. The van der Waals surface area contributed by atoms with E-state index >= 15 is 0 Å². The number of alkyl halides is 3. The number of benzene rings is 2. The van der Waals surface area contributed by atoms with Crippen LogP contribution in [0.4, 0.5) is 13.2 Å². The summed E-state index contributed by atoms with van der Waals surface area (Å²) >= 11 is 0. The zero-order chi connectivity index (χ0) is 25.8. The number of esters is 1. The Morgan fingerprint density at radius 1 is 1.14 bits per heavy atom. The van der Waals surface area contributed by atoms with Crippen molar-refractivity contribution >= 4 is 23.3 Å². The molecule has 0 saturated carbocycles. The largest absolute Gasteiger partial charge is 0.468 e. The Morgan fingerprint density at radius 3 is 2.43 bits per heavy atom. The molecule has 2 heterocycles. The lowest BCUT2D eigenvalue weighted by atomic mass is 10.0. The molecular weight excluding hydrogens is 463 g/mol. The highest BCUT2D eigenvalue weighted by Crippen LogP contribution is 2.33. The highest BCUT2D eigenvalue weighted by molar-refractivity contribution is 5.92. The van der Waals surface area contributed by atoms with E-state index in [1.54, 1.807) is 25.1 Å². The normalized spacial score (nSPS) is 11.1. The van der Waals surface area contributed by atoms with Crippen molar-refractivity contribution in [2.75, 3.05) is 13.7 Å². The number of hydrogen-bond acceptors (Lipinski definition) is 5. The molecule has 10 heteroatoms. The number of halogens is 3. The van der Waals surface area contributed by atoms with Gasteiger partial charge in [-0.3, -0.25) is 9.48 Å². The Morgan fingerprint density at radius 2 is 1.89 bits per heavy atom. The first kappa shape index (κ1) is 25.5.